The Balaban J connectivity index is 2.38. The van der Waals surface area contributed by atoms with E-state index in [4.69, 9.17) is 11.5 Å². The van der Waals surface area contributed by atoms with Crippen LogP contribution in [0.3, 0.4) is 0 Å². The number of aliphatic imine (C=N–C) groups is 1. The summed E-state index contributed by atoms with van der Waals surface area (Å²) in [7, 11) is 0. The van der Waals surface area contributed by atoms with E-state index in [1.165, 1.54) is 0 Å². The molecule has 0 aromatic rings. The van der Waals surface area contributed by atoms with Gasteiger partial charge in [-0.3, -0.25) is 0 Å². The van der Waals surface area contributed by atoms with Crippen LogP contribution in [0.25, 0.3) is 0 Å². The third kappa shape index (κ3) is 1.67. The molecule has 15 heavy (non-hydrogen) atoms. The second-order valence-corrected chi connectivity index (χ2v) is 3.80. The molecule has 1 unspecified atom stereocenters. The number of nitrogens with one attached hydrogen (secondary N) is 1. The Morgan fingerprint density at radius 2 is 2.07 bits per heavy atom. The molecule has 84 valence electrons. The van der Waals surface area contributed by atoms with Gasteiger partial charge in [-0.2, -0.15) is 13.2 Å². The number of halogens is 3. The molecule has 0 radical (unpaired) electrons. The van der Waals surface area contributed by atoms with Crippen molar-refractivity contribution in [3.63, 3.8) is 0 Å². The van der Waals surface area contributed by atoms with Gasteiger partial charge in [0.15, 0.2) is 5.96 Å². The molecular weight excluding hydrogens is 209 g/mol. The Labute approximate surface area is 84.2 Å². The molecule has 0 saturated heterocycles. The van der Waals surface area contributed by atoms with E-state index in [0.717, 1.165) is 6.20 Å². The summed E-state index contributed by atoms with van der Waals surface area (Å²) in [6, 6.07) is 0. The van der Waals surface area contributed by atoms with Gasteiger partial charge in [-0.15, -0.1) is 0 Å². The molecule has 2 rings (SSSR count). The van der Waals surface area contributed by atoms with Gasteiger partial charge in [-0.1, -0.05) is 0 Å². The Kier molecular flexibility index (Phi) is 1.97. The number of guanidine groups is 1. The first-order valence-electron chi connectivity index (χ1n) is 4.52. The fourth-order valence-corrected chi connectivity index (χ4v) is 1.70. The average Bonchev–Trinajstić information content (AvgIpc) is 2.81. The first-order valence-corrected chi connectivity index (χ1v) is 4.52. The molecule has 0 aromatic carbocycles. The van der Waals surface area contributed by atoms with Crippen molar-refractivity contribution in [2.24, 2.45) is 22.4 Å². The summed E-state index contributed by atoms with van der Waals surface area (Å²) >= 11 is 0. The van der Waals surface area contributed by atoms with Gasteiger partial charge in [-0.05, 0) is 12.8 Å². The van der Waals surface area contributed by atoms with Crippen molar-refractivity contribution < 1.29 is 13.2 Å². The van der Waals surface area contributed by atoms with Gasteiger partial charge in [0.05, 0.1) is 5.57 Å². The lowest BCUT2D eigenvalue weighted by Gasteiger charge is -2.32. The Morgan fingerprint density at radius 3 is 2.53 bits per heavy atom. The molecule has 0 bridgehead atoms. The minimum absolute atomic E-state index is 0.0719. The molecule has 7 heteroatoms. The molecule has 5 N–H and O–H groups in total. The highest BCUT2D eigenvalue weighted by molar-refractivity contribution is 5.81. The standard InChI is InChI=1S/C8H11F3N4/c9-8(10,11)5-3-14-6(12)15-7(5,13)4-1-2-4/h3-4H,1-2,13H2,(H3,12,14,15). The van der Waals surface area contributed by atoms with E-state index < -0.39 is 17.4 Å². The van der Waals surface area contributed by atoms with Crippen LogP contribution < -0.4 is 16.8 Å². The van der Waals surface area contributed by atoms with Crippen molar-refractivity contribution in [2.45, 2.75) is 24.7 Å². The molecule has 1 saturated carbocycles. The summed E-state index contributed by atoms with van der Waals surface area (Å²) < 4.78 is 38.0. The summed E-state index contributed by atoms with van der Waals surface area (Å²) in [5.74, 6) is -0.330. The highest BCUT2D eigenvalue weighted by atomic mass is 19.4. The van der Waals surface area contributed by atoms with E-state index in [2.05, 4.69) is 10.3 Å². The third-order valence-corrected chi connectivity index (χ3v) is 2.61. The van der Waals surface area contributed by atoms with Gasteiger partial charge in [0.1, 0.15) is 5.66 Å². The molecule has 1 atom stereocenters. The molecule has 1 aliphatic heterocycles. The first-order chi connectivity index (χ1) is 6.84. The van der Waals surface area contributed by atoms with E-state index in [9.17, 15) is 13.2 Å². The number of nitrogens with two attached hydrogens (primary N) is 2. The quantitative estimate of drug-likeness (QED) is 0.599. The number of hydrogen-bond acceptors (Lipinski definition) is 4. The zero-order chi connectivity index (χ0) is 11.3. The van der Waals surface area contributed by atoms with Crippen LogP contribution in [0.4, 0.5) is 13.2 Å². The van der Waals surface area contributed by atoms with Crippen LogP contribution in [-0.2, 0) is 0 Å². The van der Waals surface area contributed by atoms with E-state index >= 15 is 0 Å². The fraction of sp³-hybridized carbons (Fsp3) is 0.625. The van der Waals surface area contributed by atoms with Crippen molar-refractivity contribution in [1.82, 2.24) is 5.32 Å². The predicted molar refractivity (Wildman–Crippen MR) is 48.5 cm³/mol. The van der Waals surface area contributed by atoms with Crippen molar-refractivity contribution in [3.05, 3.63) is 11.8 Å². The molecule has 1 fully saturated rings. The van der Waals surface area contributed by atoms with Gasteiger partial charge < -0.3 is 16.8 Å². The van der Waals surface area contributed by atoms with Crippen molar-refractivity contribution >= 4 is 5.96 Å². The number of nitrogens with zero attached hydrogens (tertiary/aromatic N) is 1. The SMILES string of the molecule is NC1=NC(N)(C2CC2)C(C(F)(F)F)=CN1. The molecule has 0 aromatic heterocycles. The first kappa shape index (κ1) is 10.3. The summed E-state index contributed by atoms with van der Waals surface area (Å²) in [5, 5.41) is 2.24. The molecule has 2 aliphatic rings. The normalized spacial score (nSPS) is 31.7. The molecule has 0 amide bonds. The van der Waals surface area contributed by atoms with Crippen LogP contribution in [0.15, 0.2) is 16.8 Å². The maximum Gasteiger partial charge on any atom is 0.417 e. The molecule has 4 nitrogen and oxygen atoms in total. The number of alkyl halides is 3. The smallest absolute Gasteiger partial charge is 0.370 e. The number of rotatable bonds is 1. The lowest BCUT2D eigenvalue weighted by atomic mass is 9.95. The third-order valence-electron chi connectivity index (χ3n) is 2.61. The highest BCUT2D eigenvalue weighted by Crippen LogP contribution is 2.47. The predicted octanol–water partition coefficient (Wildman–Crippen LogP) is 0.415. The largest absolute Gasteiger partial charge is 0.417 e. The maximum atomic E-state index is 12.7. The maximum absolute atomic E-state index is 12.7. The zero-order valence-corrected chi connectivity index (χ0v) is 7.80. The highest BCUT2D eigenvalue weighted by Gasteiger charge is 2.55. The van der Waals surface area contributed by atoms with Crippen LogP contribution in [0.5, 0.6) is 0 Å². The van der Waals surface area contributed by atoms with E-state index in [0.29, 0.717) is 12.8 Å². The van der Waals surface area contributed by atoms with Crippen LogP contribution in [0, 0.1) is 5.92 Å². The second kappa shape index (κ2) is 2.88. The summed E-state index contributed by atoms with van der Waals surface area (Å²) in [5.41, 5.74) is 8.46. The lowest BCUT2D eigenvalue weighted by Crippen LogP contribution is -2.53. The zero-order valence-electron chi connectivity index (χ0n) is 7.80. The van der Waals surface area contributed by atoms with E-state index in [1.807, 2.05) is 0 Å². The number of hydrogen-bond donors (Lipinski definition) is 3. The monoisotopic (exact) mass is 220 g/mol. The van der Waals surface area contributed by atoms with E-state index in [-0.39, 0.29) is 11.9 Å². The van der Waals surface area contributed by atoms with Crippen LogP contribution in [0.2, 0.25) is 0 Å². The second-order valence-electron chi connectivity index (χ2n) is 3.80. The Bertz CT molecular complexity index is 342. The van der Waals surface area contributed by atoms with Gasteiger partial charge >= 0.3 is 6.18 Å². The van der Waals surface area contributed by atoms with Crippen LogP contribution in [-0.4, -0.2) is 17.8 Å². The van der Waals surface area contributed by atoms with Crippen LogP contribution in [0.1, 0.15) is 12.8 Å². The lowest BCUT2D eigenvalue weighted by molar-refractivity contribution is -0.102. The van der Waals surface area contributed by atoms with Gasteiger partial charge in [0, 0.05) is 12.1 Å². The fourth-order valence-electron chi connectivity index (χ4n) is 1.70. The van der Waals surface area contributed by atoms with Crippen LogP contribution >= 0.6 is 0 Å². The Hall–Kier alpha value is -1.24. The Morgan fingerprint density at radius 1 is 1.47 bits per heavy atom. The van der Waals surface area contributed by atoms with Gasteiger partial charge in [0.25, 0.3) is 0 Å². The molecule has 1 aliphatic carbocycles. The van der Waals surface area contributed by atoms with Crippen molar-refractivity contribution in [1.29, 1.82) is 0 Å². The molecular formula is C8H11F3N4. The average molecular weight is 220 g/mol. The van der Waals surface area contributed by atoms with Crippen molar-refractivity contribution in [2.75, 3.05) is 0 Å². The van der Waals surface area contributed by atoms with Gasteiger partial charge in [0.2, 0.25) is 0 Å². The summed E-state index contributed by atoms with van der Waals surface area (Å²) in [6.45, 7) is 0. The summed E-state index contributed by atoms with van der Waals surface area (Å²) in [6.07, 6.45) is -2.36. The molecule has 1 heterocycles. The summed E-state index contributed by atoms with van der Waals surface area (Å²) in [4.78, 5) is 3.70. The van der Waals surface area contributed by atoms with E-state index in [1.54, 1.807) is 0 Å². The minimum atomic E-state index is -4.48. The topological polar surface area (TPSA) is 76.4 Å². The van der Waals surface area contributed by atoms with Crippen molar-refractivity contribution in [3.8, 4) is 0 Å². The minimum Gasteiger partial charge on any atom is -0.370 e. The van der Waals surface area contributed by atoms with Gasteiger partial charge in [-0.25, -0.2) is 4.99 Å². The molecule has 0 spiro atoms.